The number of ether oxygens (including phenoxy) is 2. The number of rotatable bonds is 7. The molecule has 2 heterocycles. The lowest BCUT2D eigenvalue weighted by molar-refractivity contribution is 0.161. The molecule has 2 aromatic heterocycles. The maximum Gasteiger partial charge on any atom is 0.190 e. The molecule has 6 heteroatoms. The van der Waals surface area contributed by atoms with E-state index in [2.05, 4.69) is 16.9 Å². The van der Waals surface area contributed by atoms with Gasteiger partial charge in [-0.25, -0.2) is 4.99 Å². The fourth-order valence-electron chi connectivity index (χ4n) is 2.64. The monoisotopic (exact) mass is 358 g/mol. The summed E-state index contributed by atoms with van der Waals surface area (Å²) in [5.74, 6) is 1.68. The van der Waals surface area contributed by atoms with Gasteiger partial charge in [0.1, 0.15) is 5.75 Å². The van der Waals surface area contributed by atoms with E-state index in [-0.39, 0.29) is 6.04 Å². The van der Waals surface area contributed by atoms with Gasteiger partial charge in [-0.15, -0.1) is 11.3 Å². The molecule has 0 fully saturated rings. The second-order valence-corrected chi connectivity index (χ2v) is 6.43. The van der Waals surface area contributed by atoms with Crippen LogP contribution in [0.3, 0.4) is 0 Å². The molecule has 1 unspecified atom stereocenters. The topological polar surface area (TPSA) is 48.9 Å². The van der Waals surface area contributed by atoms with E-state index in [1.807, 2.05) is 43.3 Å². The number of thiazole rings is 1. The Bertz CT molecular complexity index is 848. The Balaban J connectivity index is 2.03. The van der Waals surface area contributed by atoms with Gasteiger partial charge in [0.25, 0.3) is 0 Å². The van der Waals surface area contributed by atoms with Crippen LogP contribution < -0.4 is 9.54 Å². The smallest absolute Gasteiger partial charge is 0.190 e. The van der Waals surface area contributed by atoms with Crippen LogP contribution in [-0.2, 0) is 4.74 Å². The van der Waals surface area contributed by atoms with Gasteiger partial charge in [-0.1, -0.05) is 0 Å². The maximum absolute atomic E-state index is 5.58. The molecule has 3 rings (SSSR count). The summed E-state index contributed by atoms with van der Waals surface area (Å²) in [5.41, 5.74) is 1.89. The molecule has 25 heavy (non-hydrogen) atoms. The van der Waals surface area contributed by atoms with Crippen molar-refractivity contribution in [2.45, 2.75) is 19.9 Å². The number of hydrogen-bond acceptors (Lipinski definition) is 5. The molecule has 0 spiro atoms. The molecule has 0 amide bonds. The average molecular weight is 358 g/mol. The van der Waals surface area contributed by atoms with Crippen molar-refractivity contribution in [3.05, 3.63) is 52.8 Å². The number of aromatic nitrogens is 1. The largest absolute Gasteiger partial charge is 0.494 e. The Labute approximate surface area is 151 Å². The van der Waals surface area contributed by atoms with E-state index in [1.54, 1.807) is 24.7 Å². The molecule has 0 radical (unpaired) electrons. The van der Waals surface area contributed by atoms with Crippen LogP contribution in [0.15, 0.2) is 57.5 Å². The lowest BCUT2D eigenvalue weighted by atomic mass is 10.3. The molecular weight excluding hydrogens is 336 g/mol. The molecule has 0 aliphatic rings. The molecule has 0 N–H and O–H groups in total. The van der Waals surface area contributed by atoms with E-state index in [9.17, 15) is 0 Å². The van der Waals surface area contributed by atoms with Crippen molar-refractivity contribution in [3.63, 3.8) is 0 Å². The number of furan rings is 1. The van der Waals surface area contributed by atoms with Crippen molar-refractivity contribution in [3.8, 4) is 17.2 Å². The van der Waals surface area contributed by atoms with Gasteiger partial charge < -0.3 is 18.5 Å². The molecule has 1 aromatic carbocycles. The maximum atomic E-state index is 5.58. The first-order valence-corrected chi connectivity index (χ1v) is 9.11. The van der Waals surface area contributed by atoms with Crippen LogP contribution in [0.1, 0.15) is 19.9 Å². The third-order valence-corrected chi connectivity index (χ3v) is 4.58. The fourth-order valence-corrected chi connectivity index (χ4v) is 3.64. The van der Waals surface area contributed by atoms with Crippen LogP contribution in [0, 0.1) is 0 Å². The SMILES string of the molecule is CCOc1ccc(N=c2scc(-c3ccco3)n2C(C)COC)cc1. The molecule has 3 aromatic rings. The summed E-state index contributed by atoms with van der Waals surface area (Å²) in [4.78, 5) is 5.71. The van der Waals surface area contributed by atoms with Gasteiger partial charge in [-0.2, -0.15) is 0 Å². The summed E-state index contributed by atoms with van der Waals surface area (Å²) in [6, 6.07) is 11.8. The summed E-state index contributed by atoms with van der Waals surface area (Å²) >= 11 is 1.59. The highest BCUT2D eigenvalue weighted by molar-refractivity contribution is 7.07. The predicted molar refractivity (Wildman–Crippen MR) is 99.4 cm³/mol. The summed E-state index contributed by atoms with van der Waals surface area (Å²) in [5, 5.41) is 2.07. The quantitative estimate of drug-likeness (QED) is 0.618. The number of benzene rings is 1. The van der Waals surface area contributed by atoms with Gasteiger partial charge in [-0.05, 0) is 50.2 Å². The minimum atomic E-state index is 0.137. The minimum absolute atomic E-state index is 0.137. The zero-order valence-electron chi connectivity index (χ0n) is 14.6. The highest BCUT2D eigenvalue weighted by Crippen LogP contribution is 2.25. The average Bonchev–Trinajstić information content (AvgIpc) is 3.26. The number of hydrogen-bond donors (Lipinski definition) is 0. The Kier molecular flexibility index (Phi) is 5.73. The van der Waals surface area contributed by atoms with Gasteiger partial charge in [0, 0.05) is 12.5 Å². The highest BCUT2D eigenvalue weighted by atomic mass is 32.1. The van der Waals surface area contributed by atoms with Gasteiger partial charge in [0.05, 0.1) is 36.9 Å². The van der Waals surface area contributed by atoms with E-state index in [0.717, 1.165) is 27.7 Å². The summed E-state index contributed by atoms with van der Waals surface area (Å²) < 4.78 is 18.6. The molecule has 0 aliphatic heterocycles. The lowest BCUT2D eigenvalue weighted by Crippen LogP contribution is -2.22. The molecule has 0 aliphatic carbocycles. The van der Waals surface area contributed by atoms with Crippen molar-refractivity contribution in [1.82, 2.24) is 4.57 Å². The Morgan fingerprint density at radius 2 is 2.04 bits per heavy atom. The second-order valence-electron chi connectivity index (χ2n) is 5.59. The van der Waals surface area contributed by atoms with Crippen molar-refractivity contribution in [2.24, 2.45) is 4.99 Å². The molecule has 0 saturated carbocycles. The predicted octanol–water partition coefficient (Wildman–Crippen LogP) is 4.65. The summed E-state index contributed by atoms with van der Waals surface area (Å²) in [7, 11) is 1.71. The molecule has 132 valence electrons. The van der Waals surface area contributed by atoms with E-state index in [0.29, 0.717) is 13.2 Å². The van der Waals surface area contributed by atoms with Crippen LogP contribution in [0.5, 0.6) is 5.75 Å². The third-order valence-electron chi connectivity index (χ3n) is 3.74. The van der Waals surface area contributed by atoms with Crippen LogP contribution in [0.4, 0.5) is 5.69 Å². The van der Waals surface area contributed by atoms with Crippen molar-refractivity contribution < 1.29 is 13.9 Å². The van der Waals surface area contributed by atoms with Crippen molar-refractivity contribution >= 4 is 17.0 Å². The first kappa shape index (κ1) is 17.5. The van der Waals surface area contributed by atoms with Crippen molar-refractivity contribution in [1.29, 1.82) is 0 Å². The second kappa shape index (κ2) is 8.18. The summed E-state index contributed by atoms with van der Waals surface area (Å²) in [6.45, 7) is 5.34. The van der Waals surface area contributed by atoms with Gasteiger partial charge in [0.2, 0.25) is 0 Å². The molecule has 5 nitrogen and oxygen atoms in total. The lowest BCUT2D eigenvalue weighted by Gasteiger charge is -2.15. The van der Waals surface area contributed by atoms with E-state index in [1.165, 1.54) is 0 Å². The Hall–Kier alpha value is -2.31. The van der Waals surface area contributed by atoms with Gasteiger partial charge >= 0.3 is 0 Å². The minimum Gasteiger partial charge on any atom is -0.494 e. The molecule has 0 bridgehead atoms. The number of nitrogens with zero attached hydrogens (tertiary/aromatic N) is 2. The first-order valence-electron chi connectivity index (χ1n) is 8.23. The van der Waals surface area contributed by atoms with Crippen LogP contribution in [-0.4, -0.2) is 24.9 Å². The zero-order chi connectivity index (χ0) is 17.6. The number of methoxy groups -OCH3 is 1. The Morgan fingerprint density at radius 1 is 1.24 bits per heavy atom. The van der Waals surface area contributed by atoms with Gasteiger partial charge in [-0.3, -0.25) is 0 Å². The zero-order valence-corrected chi connectivity index (χ0v) is 15.5. The standard InChI is InChI=1S/C19H22N2O3S/c1-4-23-16-9-7-15(8-10-16)20-19-21(14(2)12-22-3)17(13-25-19)18-6-5-11-24-18/h5-11,13-14H,4,12H2,1-3H3. The molecule has 0 saturated heterocycles. The molecule has 1 atom stereocenters. The third kappa shape index (κ3) is 4.03. The van der Waals surface area contributed by atoms with Crippen LogP contribution >= 0.6 is 11.3 Å². The van der Waals surface area contributed by atoms with Gasteiger partial charge in [0.15, 0.2) is 10.6 Å². The van der Waals surface area contributed by atoms with E-state index in [4.69, 9.17) is 18.9 Å². The normalized spacial score (nSPS) is 13.2. The fraction of sp³-hybridized carbons (Fsp3) is 0.316. The van der Waals surface area contributed by atoms with E-state index >= 15 is 0 Å². The molecular formula is C19H22N2O3S. The van der Waals surface area contributed by atoms with Crippen LogP contribution in [0.2, 0.25) is 0 Å². The van der Waals surface area contributed by atoms with E-state index < -0.39 is 0 Å². The Morgan fingerprint density at radius 3 is 2.68 bits per heavy atom. The summed E-state index contributed by atoms with van der Waals surface area (Å²) in [6.07, 6.45) is 1.68. The first-order chi connectivity index (χ1) is 12.2. The van der Waals surface area contributed by atoms with Crippen LogP contribution in [0.25, 0.3) is 11.5 Å². The van der Waals surface area contributed by atoms with Crippen molar-refractivity contribution in [2.75, 3.05) is 20.3 Å². The highest BCUT2D eigenvalue weighted by Gasteiger charge is 2.15.